The van der Waals surface area contributed by atoms with Gasteiger partial charge in [-0.25, -0.2) is 4.68 Å². The second kappa shape index (κ2) is 7.62. The van der Waals surface area contributed by atoms with Crippen molar-refractivity contribution in [1.82, 2.24) is 25.3 Å². The van der Waals surface area contributed by atoms with Crippen molar-refractivity contribution < 1.29 is 9.69 Å². The first-order valence-electron chi connectivity index (χ1n) is 10.7. The summed E-state index contributed by atoms with van der Waals surface area (Å²) in [5, 5.41) is 12.0. The van der Waals surface area contributed by atoms with Crippen LogP contribution in [0.2, 0.25) is 0 Å². The predicted molar refractivity (Wildman–Crippen MR) is 104 cm³/mol. The fourth-order valence-corrected chi connectivity index (χ4v) is 5.44. The molecular formula is C21H29N6O+. The Kier molecular flexibility index (Phi) is 4.84. The number of aromatic nitrogens is 4. The van der Waals surface area contributed by atoms with Crippen molar-refractivity contribution >= 4 is 5.91 Å². The maximum Gasteiger partial charge on any atom is 0.229 e. The molecule has 5 heterocycles. The molecule has 1 aliphatic carbocycles. The Bertz CT molecular complexity index is 815. The average molecular weight is 382 g/mol. The fraction of sp³-hybridized carbons (Fsp3) is 0.619. The van der Waals surface area contributed by atoms with Crippen LogP contribution in [0, 0.1) is 11.8 Å². The zero-order valence-corrected chi connectivity index (χ0v) is 16.3. The number of hydrogen-bond donors (Lipinski definition) is 2. The quantitative estimate of drug-likeness (QED) is 0.799. The highest BCUT2D eigenvalue weighted by atomic mass is 16.2. The summed E-state index contributed by atoms with van der Waals surface area (Å²) in [6, 6.07) is 6.78. The smallest absolute Gasteiger partial charge is 0.229 e. The van der Waals surface area contributed by atoms with Gasteiger partial charge in [-0.05, 0) is 30.9 Å². The number of amides is 1. The van der Waals surface area contributed by atoms with E-state index < -0.39 is 0 Å². The Labute approximate surface area is 165 Å². The van der Waals surface area contributed by atoms with Crippen LogP contribution in [0.15, 0.2) is 30.6 Å². The van der Waals surface area contributed by atoms with Crippen LogP contribution in [0.3, 0.4) is 0 Å². The third-order valence-corrected chi connectivity index (χ3v) is 6.96. The van der Waals surface area contributed by atoms with Crippen molar-refractivity contribution in [1.29, 1.82) is 0 Å². The van der Waals surface area contributed by atoms with Gasteiger partial charge >= 0.3 is 0 Å². The SMILES string of the molecule is O=C(NC1CCCC1)[C@H]1C[NH+]2CC[C@H]1C[C@@H]2Cn1cc(-c2ccccn2)nn1. The lowest BCUT2D eigenvalue weighted by Crippen LogP contribution is -3.20. The molecule has 6 rings (SSSR count). The minimum Gasteiger partial charge on any atom is -0.353 e. The summed E-state index contributed by atoms with van der Waals surface area (Å²) >= 11 is 0. The first-order chi connectivity index (χ1) is 13.8. The number of fused-ring (bicyclic) bond motifs is 3. The van der Waals surface area contributed by atoms with Gasteiger partial charge < -0.3 is 10.2 Å². The standard InChI is InChI=1S/C21H28N6O/c28-21(23-16-5-1-2-6-16)18-13-26-10-8-15(18)11-17(26)12-27-14-20(24-25-27)19-7-3-4-9-22-19/h3-4,7,9,14-18H,1-2,5-6,8,10-13H2,(H,23,28)/p+1/t15-,17+,18-/m0/s1. The van der Waals surface area contributed by atoms with Gasteiger partial charge in [0.05, 0.1) is 37.4 Å². The van der Waals surface area contributed by atoms with Crippen LogP contribution in [0.4, 0.5) is 0 Å². The fourth-order valence-electron chi connectivity index (χ4n) is 5.44. The highest BCUT2D eigenvalue weighted by Crippen LogP contribution is 2.28. The molecule has 3 saturated heterocycles. The van der Waals surface area contributed by atoms with E-state index >= 15 is 0 Å². The van der Waals surface area contributed by atoms with Crippen molar-refractivity contribution in [2.24, 2.45) is 11.8 Å². The molecule has 0 aromatic carbocycles. The van der Waals surface area contributed by atoms with Crippen LogP contribution in [0.1, 0.15) is 38.5 Å². The molecule has 4 fully saturated rings. The number of hydrogen-bond acceptors (Lipinski definition) is 4. The van der Waals surface area contributed by atoms with E-state index in [4.69, 9.17) is 0 Å². The summed E-state index contributed by atoms with van der Waals surface area (Å²) in [4.78, 5) is 18.7. The maximum absolute atomic E-state index is 12.8. The molecule has 2 bridgehead atoms. The molecule has 4 aliphatic rings. The zero-order chi connectivity index (χ0) is 18.9. The largest absolute Gasteiger partial charge is 0.353 e. The van der Waals surface area contributed by atoms with E-state index in [2.05, 4.69) is 20.6 Å². The van der Waals surface area contributed by atoms with Gasteiger partial charge in [0.25, 0.3) is 0 Å². The lowest BCUT2D eigenvalue weighted by Gasteiger charge is -2.46. The number of carbonyl (C=O) groups is 1. The average Bonchev–Trinajstić information content (AvgIpc) is 3.41. The lowest BCUT2D eigenvalue weighted by atomic mass is 9.75. The molecule has 0 spiro atoms. The summed E-state index contributed by atoms with van der Waals surface area (Å²) < 4.78 is 1.95. The first kappa shape index (κ1) is 17.8. The van der Waals surface area contributed by atoms with E-state index in [1.54, 1.807) is 11.1 Å². The van der Waals surface area contributed by atoms with Crippen LogP contribution < -0.4 is 10.2 Å². The number of pyridine rings is 1. The molecule has 2 N–H and O–H groups in total. The Hall–Kier alpha value is -2.28. The van der Waals surface area contributed by atoms with Crippen LogP contribution in [-0.2, 0) is 11.3 Å². The lowest BCUT2D eigenvalue weighted by molar-refractivity contribution is -0.945. The molecule has 3 aliphatic heterocycles. The van der Waals surface area contributed by atoms with E-state index in [1.807, 2.05) is 29.1 Å². The molecule has 2 aromatic heterocycles. The van der Waals surface area contributed by atoms with E-state index in [-0.39, 0.29) is 5.92 Å². The third kappa shape index (κ3) is 3.55. The van der Waals surface area contributed by atoms with Gasteiger partial charge in [0.2, 0.25) is 5.91 Å². The van der Waals surface area contributed by atoms with Gasteiger partial charge in [-0.3, -0.25) is 9.78 Å². The highest BCUT2D eigenvalue weighted by Gasteiger charge is 2.46. The van der Waals surface area contributed by atoms with Crippen molar-refractivity contribution in [3.8, 4) is 11.4 Å². The van der Waals surface area contributed by atoms with Gasteiger partial charge in [-0.2, -0.15) is 0 Å². The van der Waals surface area contributed by atoms with Gasteiger partial charge in [-0.1, -0.05) is 24.1 Å². The van der Waals surface area contributed by atoms with Crippen LogP contribution in [0.25, 0.3) is 11.4 Å². The molecule has 1 amide bonds. The Morgan fingerprint density at radius 3 is 2.86 bits per heavy atom. The van der Waals surface area contributed by atoms with E-state index in [1.165, 1.54) is 25.8 Å². The topological polar surface area (TPSA) is 77.1 Å². The first-order valence-corrected chi connectivity index (χ1v) is 10.7. The summed E-state index contributed by atoms with van der Waals surface area (Å²) in [6.45, 7) is 3.00. The molecule has 148 valence electrons. The van der Waals surface area contributed by atoms with Crippen LogP contribution in [0.5, 0.6) is 0 Å². The van der Waals surface area contributed by atoms with Crippen molar-refractivity contribution in [3.63, 3.8) is 0 Å². The number of piperidine rings is 3. The van der Waals surface area contributed by atoms with Gasteiger partial charge in [0.15, 0.2) is 0 Å². The second-order valence-electron chi connectivity index (χ2n) is 8.73. The van der Waals surface area contributed by atoms with Crippen LogP contribution >= 0.6 is 0 Å². The minimum absolute atomic E-state index is 0.195. The summed E-state index contributed by atoms with van der Waals surface area (Å²) in [7, 11) is 0. The van der Waals surface area contributed by atoms with Gasteiger partial charge in [0.1, 0.15) is 11.7 Å². The van der Waals surface area contributed by atoms with E-state index in [9.17, 15) is 4.79 Å². The van der Waals surface area contributed by atoms with E-state index in [0.29, 0.717) is 23.9 Å². The second-order valence-corrected chi connectivity index (χ2v) is 8.73. The molecule has 0 radical (unpaired) electrons. The van der Waals surface area contributed by atoms with Crippen molar-refractivity contribution in [2.45, 2.75) is 57.2 Å². The van der Waals surface area contributed by atoms with E-state index in [0.717, 1.165) is 43.7 Å². The van der Waals surface area contributed by atoms with Gasteiger partial charge in [-0.15, -0.1) is 5.10 Å². The Morgan fingerprint density at radius 2 is 2.11 bits per heavy atom. The normalized spacial score (nSPS) is 29.9. The highest BCUT2D eigenvalue weighted by molar-refractivity contribution is 5.79. The third-order valence-electron chi connectivity index (χ3n) is 6.96. The van der Waals surface area contributed by atoms with Crippen LogP contribution in [-0.4, -0.2) is 51.1 Å². The number of quaternary nitrogens is 1. The minimum atomic E-state index is 0.195. The number of rotatable bonds is 5. The molecule has 7 heteroatoms. The molecule has 1 saturated carbocycles. The van der Waals surface area contributed by atoms with Crippen molar-refractivity contribution in [2.75, 3.05) is 13.1 Å². The Morgan fingerprint density at radius 1 is 1.21 bits per heavy atom. The van der Waals surface area contributed by atoms with Crippen molar-refractivity contribution in [3.05, 3.63) is 30.6 Å². The van der Waals surface area contributed by atoms with Gasteiger partial charge in [0, 0.05) is 25.1 Å². The maximum atomic E-state index is 12.8. The molecule has 4 atom stereocenters. The molecule has 1 unspecified atom stereocenters. The monoisotopic (exact) mass is 381 g/mol. The zero-order valence-electron chi connectivity index (χ0n) is 16.3. The number of nitrogens with one attached hydrogen (secondary N) is 2. The summed E-state index contributed by atoms with van der Waals surface area (Å²) in [5.41, 5.74) is 1.68. The molecule has 28 heavy (non-hydrogen) atoms. The summed E-state index contributed by atoms with van der Waals surface area (Å²) in [5.74, 6) is 1.02. The predicted octanol–water partition coefficient (Wildman–Crippen LogP) is 0.692. The number of nitrogens with zero attached hydrogens (tertiary/aromatic N) is 4. The molecule has 7 nitrogen and oxygen atoms in total. The Balaban J connectivity index is 1.21. The number of carbonyl (C=O) groups excluding carboxylic acids is 1. The molecule has 2 aromatic rings. The summed E-state index contributed by atoms with van der Waals surface area (Å²) in [6.07, 6.45) is 10.9. The molecular weight excluding hydrogens is 352 g/mol.